The molecular weight excluding hydrogens is 677 g/mol. The predicted octanol–water partition coefficient (Wildman–Crippen LogP) is 13.1. The average molecular weight is 711 g/mol. The van der Waals surface area contributed by atoms with Gasteiger partial charge in [-0.15, -0.1) is 0 Å². The third-order valence-electron chi connectivity index (χ3n) is 10.9. The first-order valence-corrected chi connectivity index (χ1v) is 18.9. The number of furan rings is 2. The smallest absolute Gasteiger partial charge is 0.164 e. The molecule has 0 unspecified atom stereocenters. The Hall–Kier alpha value is -7.05. The van der Waals surface area contributed by atoms with Crippen LogP contribution in [0.3, 0.4) is 0 Å². The van der Waals surface area contributed by atoms with Gasteiger partial charge in [-0.1, -0.05) is 104 Å². The van der Waals surface area contributed by atoms with E-state index in [9.17, 15) is 0 Å². The highest BCUT2D eigenvalue weighted by atomic mass is 16.3. The van der Waals surface area contributed by atoms with Crippen LogP contribution in [0.2, 0.25) is 0 Å². The molecule has 11 rings (SSSR count). The molecule has 0 saturated carbocycles. The zero-order valence-corrected chi connectivity index (χ0v) is 30.2. The summed E-state index contributed by atoms with van der Waals surface area (Å²) in [5.41, 5.74) is 10.8. The second kappa shape index (κ2) is 12.5. The fraction of sp³-hybridized carbons (Fsp3) is 0.0816. The predicted molar refractivity (Wildman–Crippen MR) is 224 cm³/mol. The van der Waals surface area contributed by atoms with Crippen molar-refractivity contribution < 1.29 is 8.83 Å². The molecule has 6 nitrogen and oxygen atoms in total. The minimum Gasteiger partial charge on any atom is -0.456 e. The van der Waals surface area contributed by atoms with Gasteiger partial charge in [0.2, 0.25) is 0 Å². The van der Waals surface area contributed by atoms with Crippen molar-refractivity contribution in [1.29, 1.82) is 0 Å². The highest BCUT2D eigenvalue weighted by Gasteiger charge is 2.21. The second-order valence-electron chi connectivity index (χ2n) is 14.2. The number of nitrogens with zero attached hydrogens (tertiary/aromatic N) is 4. The van der Waals surface area contributed by atoms with Crippen molar-refractivity contribution in [2.75, 3.05) is 0 Å². The van der Waals surface area contributed by atoms with E-state index in [-0.39, 0.29) is 0 Å². The van der Waals surface area contributed by atoms with Gasteiger partial charge in [0.15, 0.2) is 17.5 Å². The average Bonchev–Trinajstić information content (AvgIpc) is 3.92. The van der Waals surface area contributed by atoms with Gasteiger partial charge in [-0.25, -0.2) is 15.0 Å². The van der Waals surface area contributed by atoms with Crippen molar-refractivity contribution >= 4 is 65.7 Å². The van der Waals surface area contributed by atoms with Crippen LogP contribution in [0.1, 0.15) is 25.3 Å². The van der Waals surface area contributed by atoms with Gasteiger partial charge in [0.05, 0.1) is 16.4 Å². The Labute approximate surface area is 316 Å². The number of rotatable bonds is 7. The molecule has 4 heterocycles. The largest absolute Gasteiger partial charge is 0.456 e. The van der Waals surface area contributed by atoms with E-state index in [0.717, 1.165) is 96.6 Å². The van der Waals surface area contributed by atoms with Crippen LogP contribution in [0.15, 0.2) is 160 Å². The summed E-state index contributed by atoms with van der Waals surface area (Å²) in [7, 11) is 0. The van der Waals surface area contributed by atoms with Crippen molar-refractivity contribution in [3.8, 4) is 39.9 Å². The van der Waals surface area contributed by atoms with Crippen LogP contribution in [0, 0.1) is 0 Å². The summed E-state index contributed by atoms with van der Waals surface area (Å²) >= 11 is 0. The maximum atomic E-state index is 6.35. The Kier molecular flexibility index (Phi) is 7.17. The molecule has 0 radical (unpaired) electrons. The van der Waals surface area contributed by atoms with E-state index < -0.39 is 0 Å². The molecule has 0 saturated heterocycles. The molecule has 0 bridgehead atoms. The molecule has 11 aromatic rings. The number of unbranched alkanes of at least 4 members (excludes halogenated alkanes) is 1. The molecule has 0 aliphatic carbocycles. The third-order valence-corrected chi connectivity index (χ3v) is 10.9. The van der Waals surface area contributed by atoms with Gasteiger partial charge in [0.1, 0.15) is 22.3 Å². The van der Waals surface area contributed by atoms with Crippen molar-refractivity contribution in [2.24, 2.45) is 0 Å². The monoisotopic (exact) mass is 710 g/mol. The summed E-state index contributed by atoms with van der Waals surface area (Å²) < 4.78 is 15.0. The zero-order chi connectivity index (χ0) is 36.5. The Balaban J connectivity index is 1.09. The van der Waals surface area contributed by atoms with E-state index >= 15 is 0 Å². The first-order chi connectivity index (χ1) is 27.2. The van der Waals surface area contributed by atoms with E-state index in [1.54, 1.807) is 0 Å². The lowest BCUT2D eigenvalue weighted by atomic mass is 10.0. The van der Waals surface area contributed by atoms with E-state index in [2.05, 4.69) is 121 Å². The first kappa shape index (κ1) is 31.5. The van der Waals surface area contributed by atoms with Crippen molar-refractivity contribution in [3.05, 3.63) is 157 Å². The molecule has 0 atom stereocenters. The molecular formula is C49H34N4O2. The van der Waals surface area contributed by atoms with Gasteiger partial charge in [-0.05, 0) is 79.1 Å². The highest BCUT2D eigenvalue weighted by Crippen LogP contribution is 2.41. The minimum atomic E-state index is 0.605. The van der Waals surface area contributed by atoms with Gasteiger partial charge in [0.25, 0.3) is 0 Å². The number of benzene rings is 7. The molecule has 0 aliphatic rings. The van der Waals surface area contributed by atoms with E-state index in [1.807, 2.05) is 42.5 Å². The van der Waals surface area contributed by atoms with Gasteiger partial charge in [0, 0.05) is 49.3 Å². The Morgan fingerprint density at radius 1 is 0.473 bits per heavy atom. The maximum absolute atomic E-state index is 6.35. The Morgan fingerprint density at radius 3 is 1.76 bits per heavy atom. The normalized spacial score (nSPS) is 11.9. The summed E-state index contributed by atoms with van der Waals surface area (Å²) in [6.45, 7) is 2.22. The van der Waals surface area contributed by atoms with Crippen LogP contribution >= 0.6 is 0 Å². The van der Waals surface area contributed by atoms with Crippen LogP contribution < -0.4 is 0 Å². The minimum absolute atomic E-state index is 0.605. The van der Waals surface area contributed by atoms with Crippen molar-refractivity contribution in [2.45, 2.75) is 26.2 Å². The highest BCUT2D eigenvalue weighted by molar-refractivity contribution is 6.24. The van der Waals surface area contributed by atoms with Crippen LogP contribution in [0.5, 0.6) is 0 Å². The van der Waals surface area contributed by atoms with Crippen LogP contribution in [0.25, 0.3) is 106 Å². The van der Waals surface area contributed by atoms with E-state index in [0.29, 0.717) is 17.5 Å². The van der Waals surface area contributed by atoms with Crippen LogP contribution in [-0.4, -0.2) is 19.5 Å². The number of aromatic nitrogens is 4. The molecule has 4 aromatic heterocycles. The first-order valence-electron chi connectivity index (χ1n) is 18.9. The summed E-state index contributed by atoms with van der Waals surface area (Å²) in [6, 6.07) is 52.6. The van der Waals surface area contributed by atoms with Gasteiger partial charge < -0.3 is 13.4 Å². The number of aryl methyl sites for hydroxylation is 1. The lowest BCUT2D eigenvalue weighted by molar-refractivity contribution is 0.668. The van der Waals surface area contributed by atoms with Gasteiger partial charge in [-0.3, -0.25) is 0 Å². The standard InChI is InChI=1S/C49H34N4O2/c1-2-3-11-30-20-22-31(23-21-30)47-50-48(52-49(51-47)38-15-10-19-42-44(38)36-13-5-8-17-40(36)54-42)32-24-26-33(27-25-32)53-39-16-7-4-12-34(39)35-28-29-43-45(46(35)53)37-14-6-9-18-41(37)55-43/h4-10,12-29H,2-3,11H2,1H3. The summed E-state index contributed by atoms with van der Waals surface area (Å²) in [5.74, 6) is 1.84. The fourth-order valence-electron chi connectivity index (χ4n) is 8.21. The number of para-hydroxylation sites is 3. The molecule has 55 heavy (non-hydrogen) atoms. The fourth-order valence-corrected chi connectivity index (χ4v) is 8.21. The lowest BCUT2D eigenvalue weighted by Gasteiger charge is -2.12. The van der Waals surface area contributed by atoms with E-state index in [4.69, 9.17) is 23.8 Å². The Bertz CT molecular complexity index is 3240. The van der Waals surface area contributed by atoms with Gasteiger partial charge in [-0.2, -0.15) is 0 Å². The molecule has 6 heteroatoms. The molecule has 7 aromatic carbocycles. The lowest BCUT2D eigenvalue weighted by Crippen LogP contribution is -2.01. The van der Waals surface area contributed by atoms with E-state index in [1.165, 1.54) is 16.3 Å². The molecule has 0 N–H and O–H groups in total. The summed E-state index contributed by atoms with van der Waals surface area (Å²) in [4.78, 5) is 15.4. The van der Waals surface area contributed by atoms with Gasteiger partial charge >= 0.3 is 0 Å². The zero-order valence-electron chi connectivity index (χ0n) is 30.2. The number of fused-ring (bicyclic) bond motifs is 10. The number of hydrogen-bond acceptors (Lipinski definition) is 5. The molecule has 0 fully saturated rings. The molecule has 262 valence electrons. The topological polar surface area (TPSA) is 69.9 Å². The molecule has 0 aliphatic heterocycles. The van der Waals surface area contributed by atoms with Crippen molar-refractivity contribution in [3.63, 3.8) is 0 Å². The second-order valence-corrected chi connectivity index (χ2v) is 14.2. The van der Waals surface area contributed by atoms with Crippen LogP contribution in [0.4, 0.5) is 0 Å². The maximum Gasteiger partial charge on any atom is 0.164 e. The van der Waals surface area contributed by atoms with Crippen molar-refractivity contribution in [1.82, 2.24) is 19.5 Å². The molecule has 0 amide bonds. The molecule has 0 spiro atoms. The SMILES string of the molecule is CCCCc1ccc(-c2nc(-c3ccc(-n4c5ccccc5c5ccc6oc7ccccc7c6c54)cc3)nc(-c3cccc4oc5ccccc5c34)n2)cc1. The third kappa shape index (κ3) is 5.06. The van der Waals surface area contributed by atoms with Crippen LogP contribution in [-0.2, 0) is 6.42 Å². The summed E-state index contributed by atoms with van der Waals surface area (Å²) in [6.07, 6.45) is 3.38. The summed E-state index contributed by atoms with van der Waals surface area (Å²) in [5, 5.41) is 6.63. The quantitative estimate of drug-likeness (QED) is 0.165. The Morgan fingerprint density at radius 2 is 1.05 bits per heavy atom. The number of hydrogen-bond donors (Lipinski definition) is 0.